The highest BCUT2D eigenvalue weighted by atomic mass is 16.5. The van der Waals surface area contributed by atoms with Gasteiger partial charge >= 0.3 is 0 Å². The number of benzene rings is 1. The Hall–Kier alpha value is -2.68. The van der Waals surface area contributed by atoms with Crippen molar-refractivity contribution in [3.8, 4) is 0 Å². The van der Waals surface area contributed by atoms with Crippen molar-refractivity contribution in [3.63, 3.8) is 0 Å². The van der Waals surface area contributed by atoms with Gasteiger partial charge in [0.25, 0.3) is 0 Å². The summed E-state index contributed by atoms with van der Waals surface area (Å²) in [6, 6.07) is 10.2. The number of hydrogen-bond acceptors (Lipinski definition) is 3. The number of aliphatic imine (C=N–C) groups is 1. The lowest BCUT2D eigenvalue weighted by atomic mass is 9.90. The molecule has 0 atom stereocenters. The van der Waals surface area contributed by atoms with E-state index in [9.17, 15) is 0 Å². The van der Waals surface area contributed by atoms with Gasteiger partial charge in [-0.05, 0) is 19.4 Å². The highest BCUT2D eigenvalue weighted by molar-refractivity contribution is 6.22. The molecule has 0 aliphatic carbocycles. The fourth-order valence-corrected chi connectivity index (χ4v) is 2.79. The third-order valence-electron chi connectivity index (χ3n) is 3.75. The molecule has 0 N–H and O–H groups in total. The van der Waals surface area contributed by atoms with Crippen LogP contribution in [0, 0.1) is 6.92 Å². The summed E-state index contributed by atoms with van der Waals surface area (Å²) >= 11 is 0. The molecule has 0 saturated heterocycles. The van der Waals surface area contributed by atoms with Gasteiger partial charge in [-0.25, -0.2) is 0 Å². The summed E-state index contributed by atoms with van der Waals surface area (Å²) in [5, 5.41) is 4.09. The van der Waals surface area contributed by atoms with Gasteiger partial charge < -0.3 is 4.52 Å². The first kappa shape index (κ1) is 17.7. The second-order valence-corrected chi connectivity index (χ2v) is 5.12. The van der Waals surface area contributed by atoms with Crippen LogP contribution in [0.5, 0.6) is 0 Å². The van der Waals surface area contributed by atoms with E-state index >= 15 is 0 Å². The Kier molecular flexibility index (Phi) is 6.07. The van der Waals surface area contributed by atoms with Crippen molar-refractivity contribution < 1.29 is 4.52 Å². The minimum absolute atomic E-state index is 0.492. The Balaban J connectivity index is 0.00000100. The topological polar surface area (TPSA) is 38.4 Å². The average Bonchev–Trinajstić information content (AvgIpc) is 2.91. The van der Waals surface area contributed by atoms with Crippen LogP contribution in [0.25, 0.3) is 5.57 Å². The predicted molar refractivity (Wildman–Crippen MR) is 101 cm³/mol. The zero-order valence-corrected chi connectivity index (χ0v) is 14.8. The minimum Gasteiger partial charge on any atom is -0.358 e. The van der Waals surface area contributed by atoms with Crippen molar-refractivity contribution in [1.29, 1.82) is 0 Å². The Morgan fingerprint density at radius 2 is 1.83 bits per heavy atom. The molecule has 0 spiro atoms. The molecule has 0 unspecified atom stereocenters. The van der Waals surface area contributed by atoms with Crippen LogP contribution in [-0.4, -0.2) is 10.9 Å². The molecule has 2 heterocycles. The largest absolute Gasteiger partial charge is 0.358 e. The van der Waals surface area contributed by atoms with E-state index in [0.717, 1.165) is 39.4 Å². The zero-order chi connectivity index (χ0) is 17.5. The number of rotatable bonds is 2. The number of aromatic nitrogens is 1. The third-order valence-corrected chi connectivity index (χ3v) is 3.75. The highest BCUT2D eigenvalue weighted by Crippen LogP contribution is 2.34. The van der Waals surface area contributed by atoms with E-state index in [1.54, 1.807) is 6.08 Å². The first-order chi connectivity index (χ1) is 11.8. The van der Waals surface area contributed by atoms with Crippen molar-refractivity contribution >= 4 is 11.3 Å². The number of fused-ring (bicyclic) bond motifs is 1. The van der Waals surface area contributed by atoms with Crippen molar-refractivity contribution in [3.05, 3.63) is 83.3 Å². The molecule has 0 amide bonds. The fourth-order valence-electron chi connectivity index (χ4n) is 2.79. The van der Waals surface area contributed by atoms with Gasteiger partial charge in [0.2, 0.25) is 0 Å². The van der Waals surface area contributed by atoms with Crippen molar-refractivity contribution in [2.75, 3.05) is 0 Å². The van der Waals surface area contributed by atoms with Crippen LogP contribution >= 0.6 is 0 Å². The fraction of sp³-hybridized carbons (Fsp3) is 0.238. The van der Waals surface area contributed by atoms with Crippen LogP contribution in [0.1, 0.15) is 43.4 Å². The van der Waals surface area contributed by atoms with E-state index in [1.165, 1.54) is 0 Å². The van der Waals surface area contributed by atoms with Gasteiger partial charge in [-0.3, -0.25) is 4.99 Å². The Bertz CT molecular complexity index is 793. The van der Waals surface area contributed by atoms with Crippen LogP contribution in [-0.2, 0) is 6.54 Å². The third kappa shape index (κ3) is 3.30. The Labute approximate surface area is 144 Å². The average molecular weight is 320 g/mol. The van der Waals surface area contributed by atoms with Gasteiger partial charge in [0.1, 0.15) is 6.54 Å². The lowest BCUT2D eigenvalue weighted by Gasteiger charge is -2.12. The maximum atomic E-state index is 5.46. The zero-order valence-electron chi connectivity index (χ0n) is 14.8. The molecule has 3 rings (SSSR count). The molecular weight excluding hydrogens is 296 g/mol. The summed E-state index contributed by atoms with van der Waals surface area (Å²) < 4.78 is 5.46. The lowest BCUT2D eigenvalue weighted by molar-refractivity contribution is 0.381. The molecule has 1 aromatic heterocycles. The Morgan fingerprint density at radius 1 is 1.12 bits per heavy atom. The summed E-state index contributed by atoms with van der Waals surface area (Å²) in [6.45, 7) is 12.3. The first-order valence-corrected chi connectivity index (χ1v) is 8.31. The van der Waals surface area contributed by atoms with E-state index in [0.29, 0.717) is 6.54 Å². The number of allylic oxidation sites excluding steroid dienone is 5. The Morgan fingerprint density at radius 3 is 2.46 bits per heavy atom. The predicted octanol–water partition coefficient (Wildman–Crippen LogP) is 5.53. The first-order valence-electron chi connectivity index (χ1n) is 8.31. The molecule has 1 aromatic carbocycles. The van der Waals surface area contributed by atoms with E-state index < -0.39 is 0 Å². The molecule has 24 heavy (non-hydrogen) atoms. The van der Waals surface area contributed by atoms with Gasteiger partial charge in [-0.2, -0.15) is 0 Å². The summed E-state index contributed by atoms with van der Waals surface area (Å²) in [6.07, 6.45) is 5.88. The molecule has 0 bridgehead atoms. The van der Waals surface area contributed by atoms with Gasteiger partial charge in [0.05, 0.1) is 17.0 Å². The van der Waals surface area contributed by atoms with E-state index in [4.69, 9.17) is 9.52 Å². The standard InChI is InChI=1S/C19H18N2O.C2H6/c1-4-9-16-15(5-2)19(14-10-7-6-8-11-14)20-12-17-18(16)13(3)21-22-17;1-2/h4-11H,1,12H2,2-3H3;1-2H3/b15-5+,16-9+;. The lowest BCUT2D eigenvalue weighted by Crippen LogP contribution is -2.06. The highest BCUT2D eigenvalue weighted by Gasteiger charge is 2.25. The van der Waals surface area contributed by atoms with E-state index in [2.05, 4.69) is 29.9 Å². The maximum absolute atomic E-state index is 5.46. The van der Waals surface area contributed by atoms with Crippen LogP contribution in [0.15, 0.2) is 70.2 Å². The van der Waals surface area contributed by atoms with Crippen LogP contribution in [0.4, 0.5) is 0 Å². The molecule has 0 radical (unpaired) electrons. The molecule has 1 aliphatic heterocycles. The quantitative estimate of drug-likeness (QED) is 0.730. The number of aryl methyl sites for hydroxylation is 1. The molecule has 1 aliphatic rings. The summed E-state index contributed by atoms with van der Waals surface area (Å²) in [7, 11) is 0. The van der Waals surface area contributed by atoms with Gasteiger partial charge in [-0.1, -0.05) is 74.1 Å². The van der Waals surface area contributed by atoms with E-state index in [-0.39, 0.29) is 0 Å². The molecule has 0 fully saturated rings. The molecule has 124 valence electrons. The number of hydrogen-bond donors (Lipinski definition) is 0. The van der Waals surface area contributed by atoms with Crippen molar-refractivity contribution in [2.24, 2.45) is 4.99 Å². The summed E-state index contributed by atoms with van der Waals surface area (Å²) in [4.78, 5) is 4.77. The number of nitrogens with zero attached hydrogens (tertiary/aromatic N) is 2. The van der Waals surface area contributed by atoms with Gasteiger partial charge in [-0.15, -0.1) is 0 Å². The summed E-state index contributed by atoms with van der Waals surface area (Å²) in [5.74, 6) is 0.802. The van der Waals surface area contributed by atoms with Crippen molar-refractivity contribution in [1.82, 2.24) is 5.16 Å². The smallest absolute Gasteiger partial charge is 0.166 e. The molecular formula is C21H24N2O. The summed E-state index contributed by atoms with van der Waals surface area (Å²) in [5.41, 5.74) is 6.13. The SMILES string of the molecule is C=C/C=C1\C(=C/C)C(c2ccccc2)=NCc2onc(C)c21.CC. The van der Waals surface area contributed by atoms with Crippen LogP contribution < -0.4 is 0 Å². The van der Waals surface area contributed by atoms with Crippen LogP contribution in [0.2, 0.25) is 0 Å². The second-order valence-electron chi connectivity index (χ2n) is 5.12. The van der Waals surface area contributed by atoms with E-state index in [1.807, 2.05) is 52.0 Å². The maximum Gasteiger partial charge on any atom is 0.166 e. The molecule has 0 saturated carbocycles. The van der Waals surface area contributed by atoms with Crippen LogP contribution in [0.3, 0.4) is 0 Å². The monoisotopic (exact) mass is 320 g/mol. The van der Waals surface area contributed by atoms with Crippen molar-refractivity contribution in [2.45, 2.75) is 34.2 Å². The second kappa shape index (κ2) is 8.25. The minimum atomic E-state index is 0.492. The molecule has 3 nitrogen and oxygen atoms in total. The van der Waals surface area contributed by atoms with Gasteiger partial charge in [0, 0.05) is 11.1 Å². The molecule has 3 heteroatoms. The molecule has 2 aromatic rings. The normalized spacial score (nSPS) is 16.8. The van der Waals surface area contributed by atoms with Gasteiger partial charge in [0.15, 0.2) is 5.76 Å².